The van der Waals surface area contributed by atoms with Crippen LogP contribution in [0.2, 0.25) is 0 Å². The molecular formula is C29H37N3O2S4. The topological polar surface area (TPSA) is 37.7 Å². The Hall–Kier alpha value is -2.07. The number of Topliss-reactive ketones (excluding diaryl/α,β-unsaturated/α-hetero) is 1. The summed E-state index contributed by atoms with van der Waals surface area (Å²) in [5.41, 5.74) is 2.68. The zero-order valence-electron chi connectivity index (χ0n) is 23.2. The molecule has 0 N–H and O–H groups in total. The number of thioether (sulfide) groups is 2. The Bertz CT molecular complexity index is 1250. The third-order valence-corrected chi connectivity index (χ3v) is 9.47. The highest BCUT2D eigenvalue weighted by atomic mass is 32.2. The van der Waals surface area contributed by atoms with Gasteiger partial charge in [0.05, 0.1) is 0 Å². The fourth-order valence-electron chi connectivity index (χ4n) is 3.81. The molecule has 38 heavy (non-hydrogen) atoms. The first-order valence-corrected chi connectivity index (χ1v) is 15.2. The average Bonchev–Trinajstić information content (AvgIpc) is 3.21. The average molecular weight is 588 g/mol. The van der Waals surface area contributed by atoms with Crippen LogP contribution in [0.5, 0.6) is 5.75 Å². The first-order chi connectivity index (χ1) is 17.9. The Morgan fingerprint density at radius 1 is 0.921 bits per heavy atom. The molecule has 1 aromatic heterocycles. The van der Waals surface area contributed by atoms with Crippen LogP contribution in [0.15, 0.2) is 54.7 Å². The number of carbonyl (C=O) groups excluding carboxylic acids is 1. The van der Waals surface area contributed by atoms with Gasteiger partial charge in [-0.25, -0.2) is 0 Å². The molecule has 3 rings (SSSR count). The molecule has 0 aliphatic carbocycles. The summed E-state index contributed by atoms with van der Waals surface area (Å²) in [6, 6.07) is 16.3. The van der Waals surface area contributed by atoms with E-state index in [2.05, 4.69) is 22.8 Å². The van der Waals surface area contributed by atoms with Crippen molar-refractivity contribution in [2.45, 2.75) is 32.9 Å². The number of rotatable bonds is 9. The van der Waals surface area contributed by atoms with Crippen molar-refractivity contribution in [3.63, 3.8) is 0 Å². The largest absolute Gasteiger partial charge is 0.488 e. The molecule has 0 bridgehead atoms. The van der Waals surface area contributed by atoms with E-state index in [4.69, 9.17) is 29.2 Å². The molecule has 1 heterocycles. The normalized spacial score (nSPS) is 11.6. The molecule has 0 fully saturated rings. The van der Waals surface area contributed by atoms with E-state index in [0.29, 0.717) is 18.1 Å². The summed E-state index contributed by atoms with van der Waals surface area (Å²) in [5.74, 6) is 1.95. The molecular weight excluding hydrogens is 551 g/mol. The fraction of sp³-hybridized carbons (Fsp3) is 0.414. The molecule has 5 nitrogen and oxygen atoms in total. The van der Waals surface area contributed by atoms with Gasteiger partial charge in [0.1, 0.15) is 20.0 Å². The number of hydrogen-bond acceptors (Lipinski definition) is 6. The monoisotopic (exact) mass is 587 g/mol. The summed E-state index contributed by atoms with van der Waals surface area (Å²) in [6.45, 7) is 6.78. The zero-order chi connectivity index (χ0) is 28.0. The van der Waals surface area contributed by atoms with E-state index in [1.807, 2.05) is 95.3 Å². The van der Waals surface area contributed by atoms with Crippen LogP contribution in [0, 0.1) is 5.92 Å². The lowest BCUT2D eigenvalue weighted by atomic mass is 10.0. The van der Waals surface area contributed by atoms with Gasteiger partial charge in [-0.2, -0.15) is 0 Å². The van der Waals surface area contributed by atoms with Gasteiger partial charge in [-0.1, -0.05) is 78.3 Å². The van der Waals surface area contributed by atoms with E-state index in [9.17, 15) is 4.79 Å². The Labute approximate surface area is 246 Å². The Morgan fingerprint density at radius 2 is 1.47 bits per heavy atom. The zero-order valence-corrected chi connectivity index (χ0v) is 26.5. The van der Waals surface area contributed by atoms with Gasteiger partial charge in [0.25, 0.3) is 0 Å². The molecule has 0 unspecified atom stereocenters. The molecule has 0 aliphatic heterocycles. The summed E-state index contributed by atoms with van der Waals surface area (Å²) in [5, 5.41) is 0.968. The van der Waals surface area contributed by atoms with Crippen LogP contribution in [-0.2, 0) is 6.54 Å². The maximum Gasteiger partial charge on any atom is 0.169 e. The van der Waals surface area contributed by atoms with Crippen LogP contribution >= 0.6 is 48.0 Å². The third kappa shape index (κ3) is 8.46. The Morgan fingerprint density at radius 3 is 2.00 bits per heavy atom. The van der Waals surface area contributed by atoms with Gasteiger partial charge in [-0.15, -0.1) is 0 Å². The van der Waals surface area contributed by atoms with Crippen molar-refractivity contribution in [2.24, 2.45) is 5.92 Å². The molecule has 0 radical (unpaired) electrons. The second-order valence-corrected chi connectivity index (χ2v) is 13.9. The second kappa shape index (κ2) is 13.3. The molecule has 0 amide bonds. The fourth-order valence-corrected chi connectivity index (χ4v) is 6.11. The molecule has 0 saturated heterocycles. The predicted octanol–water partition coefficient (Wildman–Crippen LogP) is 6.83. The maximum atomic E-state index is 14.0. The number of carbonyl (C=O) groups is 1. The molecule has 2 aromatic carbocycles. The van der Waals surface area contributed by atoms with Gasteiger partial charge in [0, 0.05) is 74.8 Å². The van der Waals surface area contributed by atoms with Gasteiger partial charge in [0.15, 0.2) is 5.78 Å². The summed E-state index contributed by atoms with van der Waals surface area (Å²) < 4.78 is 9.67. The van der Waals surface area contributed by atoms with Crippen LogP contribution in [-0.4, -0.2) is 74.1 Å². The van der Waals surface area contributed by atoms with Crippen LogP contribution in [0.4, 0.5) is 0 Å². The highest BCUT2D eigenvalue weighted by Crippen LogP contribution is 2.29. The number of nitrogens with zero attached hydrogens (tertiary/aromatic N) is 3. The van der Waals surface area contributed by atoms with Crippen LogP contribution in [0.1, 0.15) is 36.7 Å². The van der Waals surface area contributed by atoms with Crippen molar-refractivity contribution in [3.05, 3.63) is 65.9 Å². The third-order valence-electron chi connectivity index (χ3n) is 5.67. The van der Waals surface area contributed by atoms with E-state index in [0.717, 1.165) is 36.4 Å². The number of ether oxygens (including phenoxy) is 1. The van der Waals surface area contributed by atoms with Crippen molar-refractivity contribution < 1.29 is 9.53 Å². The van der Waals surface area contributed by atoms with Crippen LogP contribution in [0.25, 0.3) is 10.9 Å². The summed E-state index contributed by atoms with van der Waals surface area (Å²) in [4.78, 5) is 17.8. The second-order valence-electron chi connectivity index (χ2n) is 10.6. The molecule has 0 spiro atoms. The first-order valence-electron chi connectivity index (χ1n) is 12.4. The number of aromatic nitrogens is 1. The molecule has 0 atom stereocenters. The Kier molecular flexibility index (Phi) is 10.7. The van der Waals surface area contributed by atoms with E-state index < -0.39 is 0 Å². The van der Waals surface area contributed by atoms with Gasteiger partial charge in [-0.05, 0) is 44.5 Å². The van der Waals surface area contributed by atoms with Gasteiger partial charge < -0.3 is 19.1 Å². The number of hydrogen-bond donors (Lipinski definition) is 0. The number of benzene rings is 2. The standard InChI is InChI=1S/C29H37N3O2S4/c1-29(2,3)34-22-14-12-20(13-15-22)16-32-17-24(23-10-8-9-11-25(23)32)26(33)21(18-37-27(35)30(4)5)19-38-28(36)31(6)7/h8-15,17,21H,16,18-19H2,1-7H3. The SMILES string of the molecule is CN(C)C(=S)SCC(CSC(=S)N(C)C)C(=O)c1cn(Cc2ccc(OC(C)(C)C)cc2)c2ccccc12. The molecule has 9 heteroatoms. The number of fused-ring (bicyclic) bond motifs is 1. The highest BCUT2D eigenvalue weighted by Gasteiger charge is 2.26. The van der Waals surface area contributed by atoms with Gasteiger partial charge >= 0.3 is 0 Å². The molecule has 3 aromatic rings. The molecule has 0 saturated carbocycles. The van der Waals surface area contributed by atoms with Crippen LogP contribution < -0.4 is 4.74 Å². The summed E-state index contributed by atoms with van der Waals surface area (Å²) in [7, 11) is 7.71. The predicted molar refractivity (Wildman–Crippen MR) is 173 cm³/mol. The highest BCUT2D eigenvalue weighted by molar-refractivity contribution is 8.23. The number of para-hydroxylation sites is 1. The maximum absolute atomic E-state index is 14.0. The van der Waals surface area contributed by atoms with Gasteiger partial charge in [0.2, 0.25) is 0 Å². The lowest BCUT2D eigenvalue weighted by molar-refractivity contribution is 0.0946. The van der Waals surface area contributed by atoms with Crippen molar-refractivity contribution in [1.82, 2.24) is 14.4 Å². The number of ketones is 1. The number of thiocarbonyl (C=S) groups is 2. The summed E-state index contributed by atoms with van der Waals surface area (Å²) >= 11 is 14.1. The lowest BCUT2D eigenvalue weighted by Gasteiger charge is -2.21. The minimum absolute atomic E-state index is 0.122. The lowest BCUT2D eigenvalue weighted by Crippen LogP contribution is -2.25. The van der Waals surface area contributed by atoms with E-state index >= 15 is 0 Å². The van der Waals surface area contributed by atoms with Crippen molar-refractivity contribution in [1.29, 1.82) is 0 Å². The molecule has 0 aliphatic rings. The van der Waals surface area contributed by atoms with E-state index in [1.54, 1.807) is 23.5 Å². The van der Waals surface area contributed by atoms with Crippen molar-refractivity contribution >= 4 is 73.3 Å². The minimum atomic E-state index is -0.243. The Balaban J connectivity index is 1.88. The first kappa shape index (κ1) is 30.5. The molecule has 204 valence electrons. The van der Waals surface area contributed by atoms with Crippen molar-refractivity contribution in [2.75, 3.05) is 39.7 Å². The minimum Gasteiger partial charge on any atom is -0.488 e. The van der Waals surface area contributed by atoms with Crippen LogP contribution in [0.3, 0.4) is 0 Å². The van der Waals surface area contributed by atoms with E-state index in [-0.39, 0.29) is 17.3 Å². The quantitative estimate of drug-likeness (QED) is 0.199. The van der Waals surface area contributed by atoms with Crippen molar-refractivity contribution in [3.8, 4) is 5.75 Å². The summed E-state index contributed by atoms with van der Waals surface area (Å²) in [6.07, 6.45) is 2.00. The van der Waals surface area contributed by atoms with Gasteiger partial charge in [-0.3, -0.25) is 4.79 Å². The van der Waals surface area contributed by atoms with E-state index in [1.165, 1.54) is 0 Å². The smallest absolute Gasteiger partial charge is 0.169 e.